The zero-order valence-corrected chi connectivity index (χ0v) is 9.65. The predicted molar refractivity (Wildman–Crippen MR) is 61.6 cm³/mol. The van der Waals surface area contributed by atoms with Crippen LogP contribution in [0.5, 0.6) is 0 Å². The van der Waals surface area contributed by atoms with Gasteiger partial charge in [0, 0.05) is 17.5 Å². The summed E-state index contributed by atoms with van der Waals surface area (Å²) >= 11 is 2.11. The van der Waals surface area contributed by atoms with Gasteiger partial charge in [-0.25, -0.2) is 0 Å². The molecule has 0 bridgehead atoms. The van der Waals surface area contributed by atoms with E-state index in [1.807, 2.05) is 19.1 Å². The van der Waals surface area contributed by atoms with Crippen molar-refractivity contribution in [3.8, 4) is 11.3 Å². The molecule has 0 amide bonds. The highest BCUT2D eigenvalue weighted by atomic mass is 127. The van der Waals surface area contributed by atoms with Crippen LogP contribution in [0.4, 0.5) is 5.82 Å². The van der Waals surface area contributed by atoms with Crippen LogP contribution in [0.3, 0.4) is 0 Å². The number of nitrogen functional groups attached to an aromatic ring is 1. The molecule has 0 unspecified atom stereocenters. The van der Waals surface area contributed by atoms with Crippen molar-refractivity contribution in [1.29, 1.82) is 0 Å². The molecule has 4 nitrogen and oxygen atoms in total. The Hall–Kier alpha value is -1.11. The van der Waals surface area contributed by atoms with Crippen LogP contribution in [0, 0.1) is 10.5 Å². The van der Waals surface area contributed by atoms with E-state index in [-0.39, 0.29) is 0 Å². The molecule has 0 aliphatic heterocycles. The Morgan fingerprint density at radius 1 is 1.50 bits per heavy atom. The third-order valence-corrected chi connectivity index (χ3v) is 2.95. The average molecular weight is 301 g/mol. The lowest BCUT2D eigenvalue weighted by Crippen LogP contribution is -1.88. The van der Waals surface area contributed by atoms with Crippen molar-refractivity contribution in [3.63, 3.8) is 0 Å². The van der Waals surface area contributed by atoms with Gasteiger partial charge in [0.1, 0.15) is 3.57 Å². The Bertz CT molecular complexity index is 467. The van der Waals surface area contributed by atoms with Gasteiger partial charge in [-0.2, -0.15) is 0 Å². The molecule has 2 aromatic rings. The van der Waals surface area contributed by atoms with Crippen molar-refractivity contribution >= 4 is 28.4 Å². The summed E-state index contributed by atoms with van der Waals surface area (Å²) in [6.45, 7) is 1.92. The average Bonchev–Trinajstić information content (AvgIpc) is 2.49. The van der Waals surface area contributed by atoms with Gasteiger partial charge in [0.05, 0.1) is 0 Å². The molecule has 0 radical (unpaired) electrons. The normalized spacial score (nSPS) is 10.4. The minimum Gasteiger partial charge on any atom is -0.380 e. The molecule has 2 heterocycles. The summed E-state index contributed by atoms with van der Waals surface area (Å²) in [7, 11) is 0. The second-order valence-corrected chi connectivity index (χ2v) is 3.93. The summed E-state index contributed by atoms with van der Waals surface area (Å²) in [4.78, 5) is 4.17. The summed E-state index contributed by atoms with van der Waals surface area (Å²) < 4.78 is 5.97. The fraction of sp³-hybridized carbons (Fsp3) is 0.111. The highest BCUT2D eigenvalue weighted by molar-refractivity contribution is 14.1. The maximum Gasteiger partial charge on any atom is 0.184 e. The molecule has 0 fully saturated rings. The molecule has 0 atom stereocenters. The molecule has 14 heavy (non-hydrogen) atoms. The van der Waals surface area contributed by atoms with E-state index in [0.717, 1.165) is 14.8 Å². The van der Waals surface area contributed by atoms with Crippen LogP contribution in [0.2, 0.25) is 0 Å². The van der Waals surface area contributed by atoms with Gasteiger partial charge < -0.3 is 10.3 Å². The number of nitrogens with two attached hydrogens (primary N) is 1. The molecule has 2 aromatic heterocycles. The fourth-order valence-corrected chi connectivity index (χ4v) is 1.67. The third kappa shape index (κ3) is 1.47. The minimum absolute atomic E-state index is 0.420. The van der Waals surface area contributed by atoms with Crippen LogP contribution in [0.1, 0.15) is 5.69 Å². The molecule has 0 aliphatic rings. The van der Waals surface area contributed by atoms with Gasteiger partial charge in [-0.15, -0.1) is 0 Å². The van der Waals surface area contributed by atoms with Crippen LogP contribution in [0.15, 0.2) is 22.9 Å². The number of hydrogen-bond acceptors (Lipinski definition) is 4. The van der Waals surface area contributed by atoms with Gasteiger partial charge in [0.15, 0.2) is 11.6 Å². The SMILES string of the molecule is Cc1ncccc1-c1onc(N)c1I. The molecule has 2 rings (SSSR count). The Morgan fingerprint density at radius 2 is 2.29 bits per heavy atom. The second kappa shape index (κ2) is 3.56. The Morgan fingerprint density at radius 3 is 2.86 bits per heavy atom. The predicted octanol–water partition coefficient (Wildman–Crippen LogP) is 2.23. The zero-order chi connectivity index (χ0) is 10.1. The maximum atomic E-state index is 5.60. The number of aryl methyl sites for hydroxylation is 1. The van der Waals surface area contributed by atoms with Gasteiger partial charge in [-0.05, 0) is 41.6 Å². The number of pyridine rings is 1. The summed E-state index contributed by atoms with van der Waals surface area (Å²) in [5, 5.41) is 3.70. The Balaban J connectivity index is 2.60. The highest BCUT2D eigenvalue weighted by Crippen LogP contribution is 2.29. The van der Waals surface area contributed by atoms with Crippen molar-refractivity contribution in [3.05, 3.63) is 27.6 Å². The quantitative estimate of drug-likeness (QED) is 0.820. The van der Waals surface area contributed by atoms with Crippen molar-refractivity contribution < 1.29 is 4.52 Å². The lowest BCUT2D eigenvalue weighted by molar-refractivity contribution is 0.435. The second-order valence-electron chi connectivity index (χ2n) is 2.85. The van der Waals surface area contributed by atoms with E-state index in [0.29, 0.717) is 11.6 Å². The van der Waals surface area contributed by atoms with Gasteiger partial charge in [0.2, 0.25) is 0 Å². The Kier molecular flexibility index (Phi) is 2.40. The number of rotatable bonds is 1. The molecule has 0 saturated heterocycles. The number of nitrogens with zero attached hydrogens (tertiary/aromatic N) is 2. The monoisotopic (exact) mass is 301 g/mol. The van der Waals surface area contributed by atoms with E-state index in [1.165, 1.54) is 0 Å². The van der Waals surface area contributed by atoms with E-state index < -0.39 is 0 Å². The summed E-state index contributed by atoms with van der Waals surface area (Å²) in [5.41, 5.74) is 7.43. The van der Waals surface area contributed by atoms with Crippen molar-refractivity contribution in [2.75, 3.05) is 5.73 Å². The number of aromatic nitrogens is 2. The standard InChI is InChI=1S/C9H8IN3O/c1-5-6(3-2-4-12-5)8-7(10)9(11)13-14-8/h2-4H,1H3,(H2,11,13). The third-order valence-electron chi connectivity index (χ3n) is 1.91. The van der Waals surface area contributed by atoms with Gasteiger partial charge in [0.25, 0.3) is 0 Å². The maximum absolute atomic E-state index is 5.60. The van der Waals surface area contributed by atoms with Crippen LogP contribution in [-0.2, 0) is 0 Å². The Labute approximate surface area is 94.6 Å². The van der Waals surface area contributed by atoms with E-state index in [9.17, 15) is 0 Å². The summed E-state index contributed by atoms with van der Waals surface area (Å²) in [6, 6.07) is 3.79. The molecule has 0 aromatic carbocycles. The smallest absolute Gasteiger partial charge is 0.184 e. The number of hydrogen-bond donors (Lipinski definition) is 1. The number of anilines is 1. The number of halogens is 1. The first-order chi connectivity index (χ1) is 6.70. The van der Waals surface area contributed by atoms with Crippen molar-refractivity contribution in [1.82, 2.24) is 10.1 Å². The van der Waals surface area contributed by atoms with E-state index in [1.54, 1.807) is 6.20 Å². The molecular weight excluding hydrogens is 293 g/mol. The molecule has 0 aliphatic carbocycles. The lowest BCUT2D eigenvalue weighted by Gasteiger charge is -1.99. The van der Waals surface area contributed by atoms with Gasteiger partial charge in [-0.3, -0.25) is 4.98 Å². The molecule has 5 heteroatoms. The summed E-state index contributed by atoms with van der Waals surface area (Å²) in [6.07, 6.45) is 1.74. The lowest BCUT2D eigenvalue weighted by atomic mass is 10.1. The van der Waals surface area contributed by atoms with Crippen LogP contribution < -0.4 is 5.73 Å². The largest absolute Gasteiger partial charge is 0.380 e. The highest BCUT2D eigenvalue weighted by Gasteiger charge is 2.14. The van der Waals surface area contributed by atoms with Gasteiger partial charge in [-0.1, -0.05) is 5.16 Å². The zero-order valence-electron chi connectivity index (χ0n) is 7.49. The first-order valence-electron chi connectivity index (χ1n) is 4.03. The molecular formula is C9H8IN3O. The fourth-order valence-electron chi connectivity index (χ4n) is 1.18. The first-order valence-corrected chi connectivity index (χ1v) is 5.10. The van der Waals surface area contributed by atoms with Crippen LogP contribution >= 0.6 is 22.6 Å². The van der Waals surface area contributed by atoms with E-state index >= 15 is 0 Å². The molecule has 0 spiro atoms. The first kappa shape index (κ1) is 9.45. The topological polar surface area (TPSA) is 64.9 Å². The van der Waals surface area contributed by atoms with Crippen molar-refractivity contribution in [2.24, 2.45) is 0 Å². The van der Waals surface area contributed by atoms with Gasteiger partial charge >= 0.3 is 0 Å². The summed E-state index contributed by atoms with van der Waals surface area (Å²) in [5.74, 6) is 1.11. The molecule has 72 valence electrons. The molecule has 2 N–H and O–H groups in total. The van der Waals surface area contributed by atoms with E-state index in [2.05, 4.69) is 32.7 Å². The van der Waals surface area contributed by atoms with E-state index in [4.69, 9.17) is 10.3 Å². The van der Waals surface area contributed by atoms with Crippen LogP contribution in [-0.4, -0.2) is 10.1 Å². The minimum atomic E-state index is 0.420. The van der Waals surface area contributed by atoms with Crippen LogP contribution in [0.25, 0.3) is 11.3 Å². The molecule has 0 saturated carbocycles. The van der Waals surface area contributed by atoms with Crippen molar-refractivity contribution in [2.45, 2.75) is 6.92 Å².